The molecule has 7 atom stereocenters. The van der Waals surface area contributed by atoms with Crippen LogP contribution in [0.2, 0.25) is 0 Å². The maximum absolute atomic E-state index is 11.2. The molecule has 0 aliphatic heterocycles. The van der Waals surface area contributed by atoms with Crippen molar-refractivity contribution in [3.63, 3.8) is 0 Å². The van der Waals surface area contributed by atoms with E-state index in [1.54, 1.807) is 0 Å². The van der Waals surface area contributed by atoms with Gasteiger partial charge in [-0.1, -0.05) is 20.4 Å². The molecule has 0 aromatic carbocycles. The maximum atomic E-state index is 11.2. The molecular formula is C15H24O4. The second kappa shape index (κ2) is 3.61. The zero-order valence-corrected chi connectivity index (χ0v) is 11.6. The summed E-state index contributed by atoms with van der Waals surface area (Å²) in [5, 5.41) is 41.4. The SMILES string of the molecule is C=C1[C@@H](O)C[C@H]2C[C@]3(C)[C@@H](O)C[C@@](C)(CO)[C@@H]3[C@@]12O. The molecule has 0 spiro atoms. The predicted molar refractivity (Wildman–Crippen MR) is 70.2 cm³/mol. The van der Waals surface area contributed by atoms with Crippen LogP contribution in [0.4, 0.5) is 0 Å². The molecule has 3 saturated carbocycles. The summed E-state index contributed by atoms with van der Waals surface area (Å²) in [5.74, 6) is -0.312. The smallest absolute Gasteiger partial charge is 0.0948 e. The summed E-state index contributed by atoms with van der Waals surface area (Å²) in [5.41, 5.74) is -1.60. The van der Waals surface area contributed by atoms with Crippen LogP contribution in [-0.2, 0) is 0 Å². The van der Waals surface area contributed by atoms with Crippen LogP contribution >= 0.6 is 0 Å². The third-order valence-electron chi connectivity index (χ3n) is 6.31. The lowest BCUT2D eigenvalue weighted by Gasteiger charge is -2.42. The van der Waals surface area contributed by atoms with Gasteiger partial charge >= 0.3 is 0 Å². The van der Waals surface area contributed by atoms with Gasteiger partial charge in [-0.25, -0.2) is 0 Å². The molecule has 0 aromatic heterocycles. The number of aliphatic hydroxyl groups excluding tert-OH is 3. The second-order valence-corrected chi connectivity index (χ2v) is 7.47. The third kappa shape index (κ3) is 1.33. The molecule has 3 aliphatic rings. The van der Waals surface area contributed by atoms with Crippen molar-refractivity contribution in [2.75, 3.05) is 6.61 Å². The van der Waals surface area contributed by atoms with E-state index in [0.29, 0.717) is 24.8 Å². The molecule has 0 aromatic rings. The van der Waals surface area contributed by atoms with Gasteiger partial charge in [-0.3, -0.25) is 0 Å². The Bertz CT molecular complexity index is 436. The Morgan fingerprint density at radius 3 is 2.47 bits per heavy atom. The molecule has 4 nitrogen and oxygen atoms in total. The van der Waals surface area contributed by atoms with Gasteiger partial charge in [-0.2, -0.15) is 0 Å². The van der Waals surface area contributed by atoms with E-state index in [0.717, 1.165) is 0 Å². The van der Waals surface area contributed by atoms with Crippen molar-refractivity contribution in [3.05, 3.63) is 12.2 Å². The first-order chi connectivity index (χ1) is 8.70. The molecular weight excluding hydrogens is 244 g/mol. The molecule has 0 amide bonds. The third-order valence-corrected chi connectivity index (χ3v) is 6.31. The minimum absolute atomic E-state index is 0.0641. The van der Waals surface area contributed by atoms with Crippen molar-refractivity contribution in [2.24, 2.45) is 22.7 Å². The van der Waals surface area contributed by atoms with E-state index in [-0.39, 0.29) is 18.4 Å². The summed E-state index contributed by atoms with van der Waals surface area (Å²) in [4.78, 5) is 0. The van der Waals surface area contributed by atoms with Crippen LogP contribution < -0.4 is 0 Å². The zero-order valence-electron chi connectivity index (χ0n) is 11.6. The normalized spacial score (nSPS) is 60.4. The quantitative estimate of drug-likeness (QED) is 0.520. The summed E-state index contributed by atoms with van der Waals surface area (Å²) in [7, 11) is 0. The minimum atomic E-state index is -1.15. The van der Waals surface area contributed by atoms with Crippen molar-refractivity contribution in [3.8, 4) is 0 Å². The molecule has 3 aliphatic carbocycles. The Morgan fingerprint density at radius 1 is 1.26 bits per heavy atom. The highest BCUT2D eigenvalue weighted by molar-refractivity contribution is 5.35. The fourth-order valence-corrected chi connectivity index (χ4v) is 5.54. The van der Waals surface area contributed by atoms with Crippen molar-refractivity contribution in [2.45, 2.75) is 50.9 Å². The molecule has 4 heteroatoms. The molecule has 4 N–H and O–H groups in total. The lowest BCUT2D eigenvalue weighted by molar-refractivity contribution is -0.0653. The number of hydrogen-bond donors (Lipinski definition) is 4. The van der Waals surface area contributed by atoms with Crippen LogP contribution in [-0.4, -0.2) is 44.8 Å². The number of rotatable bonds is 1. The van der Waals surface area contributed by atoms with Crippen molar-refractivity contribution in [1.82, 2.24) is 0 Å². The number of aliphatic hydroxyl groups is 4. The monoisotopic (exact) mass is 268 g/mol. The molecule has 0 radical (unpaired) electrons. The van der Waals surface area contributed by atoms with Crippen molar-refractivity contribution < 1.29 is 20.4 Å². The van der Waals surface area contributed by atoms with E-state index < -0.39 is 28.6 Å². The fraction of sp³-hybridized carbons (Fsp3) is 0.867. The molecule has 108 valence electrons. The molecule has 0 bridgehead atoms. The van der Waals surface area contributed by atoms with Crippen molar-refractivity contribution >= 4 is 0 Å². The van der Waals surface area contributed by atoms with Gasteiger partial charge in [0, 0.05) is 17.9 Å². The predicted octanol–water partition coefficient (Wildman–Crippen LogP) is 0.444. The van der Waals surface area contributed by atoms with Crippen LogP contribution in [0.1, 0.15) is 33.1 Å². The van der Waals surface area contributed by atoms with E-state index in [1.807, 2.05) is 13.8 Å². The first kappa shape index (κ1) is 13.6. The lowest BCUT2D eigenvalue weighted by Crippen LogP contribution is -2.48. The summed E-state index contributed by atoms with van der Waals surface area (Å²) in [6.45, 7) is 7.76. The van der Waals surface area contributed by atoms with Gasteiger partial charge in [0.1, 0.15) is 0 Å². The number of hydrogen-bond acceptors (Lipinski definition) is 4. The zero-order chi connectivity index (χ0) is 14.2. The Labute approximate surface area is 113 Å². The van der Waals surface area contributed by atoms with Gasteiger partial charge in [-0.05, 0) is 36.2 Å². The average molecular weight is 268 g/mol. The van der Waals surface area contributed by atoms with E-state index in [9.17, 15) is 20.4 Å². The van der Waals surface area contributed by atoms with E-state index in [1.165, 1.54) is 0 Å². The Hall–Kier alpha value is -0.420. The van der Waals surface area contributed by atoms with Crippen LogP contribution in [0.5, 0.6) is 0 Å². The number of fused-ring (bicyclic) bond motifs is 3. The van der Waals surface area contributed by atoms with E-state index in [2.05, 4.69) is 6.58 Å². The molecule has 3 rings (SSSR count). The highest BCUT2D eigenvalue weighted by atomic mass is 16.3. The summed E-state index contributed by atoms with van der Waals surface area (Å²) in [6.07, 6.45) is 0.495. The average Bonchev–Trinajstić information content (AvgIpc) is 2.77. The molecule has 19 heavy (non-hydrogen) atoms. The first-order valence-corrected chi connectivity index (χ1v) is 7.09. The van der Waals surface area contributed by atoms with E-state index in [4.69, 9.17) is 0 Å². The Morgan fingerprint density at radius 2 is 1.89 bits per heavy atom. The standard InChI is InChI=1S/C15H24O4/c1-8-10(17)4-9-5-14(3)11(18)6-13(2,7-16)12(14)15(8,9)19/h9-12,16-19H,1,4-7H2,2-3H3/t9-,10-,11-,12-,13-,14+,15+/m0/s1. The summed E-state index contributed by atoms with van der Waals surface area (Å²) >= 11 is 0. The largest absolute Gasteiger partial charge is 0.396 e. The van der Waals surface area contributed by atoms with Gasteiger partial charge in [0.25, 0.3) is 0 Å². The van der Waals surface area contributed by atoms with Gasteiger partial charge < -0.3 is 20.4 Å². The topological polar surface area (TPSA) is 80.9 Å². The van der Waals surface area contributed by atoms with Crippen LogP contribution in [0.25, 0.3) is 0 Å². The molecule has 3 fully saturated rings. The van der Waals surface area contributed by atoms with Gasteiger partial charge in [0.05, 0.1) is 17.8 Å². The first-order valence-electron chi connectivity index (χ1n) is 7.09. The van der Waals surface area contributed by atoms with Crippen LogP contribution in [0.15, 0.2) is 12.2 Å². The van der Waals surface area contributed by atoms with Crippen LogP contribution in [0, 0.1) is 22.7 Å². The van der Waals surface area contributed by atoms with Gasteiger partial charge in [-0.15, -0.1) is 0 Å². The lowest BCUT2D eigenvalue weighted by atomic mass is 9.65. The minimum Gasteiger partial charge on any atom is -0.396 e. The highest BCUT2D eigenvalue weighted by Crippen LogP contribution is 2.71. The maximum Gasteiger partial charge on any atom is 0.0948 e. The molecule has 0 saturated heterocycles. The summed E-state index contributed by atoms with van der Waals surface area (Å²) < 4.78 is 0. The van der Waals surface area contributed by atoms with Gasteiger partial charge in [0.2, 0.25) is 0 Å². The highest BCUT2D eigenvalue weighted by Gasteiger charge is 2.73. The van der Waals surface area contributed by atoms with Crippen LogP contribution in [0.3, 0.4) is 0 Å². The summed E-state index contributed by atoms with van der Waals surface area (Å²) in [6, 6.07) is 0. The Kier molecular flexibility index (Phi) is 2.58. The fourth-order valence-electron chi connectivity index (χ4n) is 5.54. The van der Waals surface area contributed by atoms with Gasteiger partial charge in [0.15, 0.2) is 0 Å². The van der Waals surface area contributed by atoms with E-state index >= 15 is 0 Å². The molecule has 0 unspecified atom stereocenters. The molecule has 0 heterocycles. The Balaban J connectivity index is 2.13. The van der Waals surface area contributed by atoms with Crippen molar-refractivity contribution in [1.29, 1.82) is 0 Å². The second-order valence-electron chi connectivity index (χ2n) is 7.47.